The van der Waals surface area contributed by atoms with Crippen molar-refractivity contribution in [1.82, 2.24) is 29.7 Å². The molecule has 13 nitrogen and oxygen atoms in total. The lowest BCUT2D eigenvalue weighted by atomic mass is 8.40. The fourth-order valence-corrected chi connectivity index (χ4v) is 9.22. The molecule has 7 heterocycles. The van der Waals surface area contributed by atoms with Crippen LogP contribution in [0.25, 0.3) is 0 Å². The van der Waals surface area contributed by atoms with Crippen LogP contribution >= 0.6 is 59.4 Å². The third-order valence-corrected chi connectivity index (χ3v) is 16.5. The number of amides is 2. The van der Waals surface area contributed by atoms with E-state index in [0.29, 0.717) is 11.4 Å². The van der Waals surface area contributed by atoms with Crippen LogP contribution in [-0.2, 0) is 9.31 Å². The zero-order chi connectivity index (χ0) is 59.9. The molecule has 3 aliphatic heterocycles. The van der Waals surface area contributed by atoms with Crippen LogP contribution in [0.3, 0.4) is 0 Å². The van der Waals surface area contributed by atoms with Crippen molar-refractivity contribution in [3.63, 3.8) is 0 Å². The van der Waals surface area contributed by atoms with Crippen LogP contribution < -0.4 is 5.46 Å². The van der Waals surface area contributed by atoms with Gasteiger partial charge in [0.1, 0.15) is 22.8 Å². The second kappa shape index (κ2) is 33.9. The summed E-state index contributed by atoms with van der Waals surface area (Å²) in [6.45, 7) is 19.1. The maximum Gasteiger partial charge on any atom is 0.496 e. The van der Waals surface area contributed by atoms with Gasteiger partial charge in [-0.2, -0.15) is 0 Å². The van der Waals surface area contributed by atoms with Gasteiger partial charge < -0.3 is 24.2 Å². The molecule has 385 valence electrons. The van der Waals surface area contributed by atoms with Gasteiger partial charge in [-0.05, 0) is 187 Å². The quantitative estimate of drug-likeness (QED) is 0.154. The highest BCUT2D eigenvalue weighted by Gasteiger charge is 2.52. The number of hydrogen-bond acceptors (Lipinski definition) is 10. The number of nitrogens with zero attached hydrogens (tertiary/aromatic N) is 6. The van der Waals surface area contributed by atoms with Gasteiger partial charge >= 0.3 is 13.1 Å². The van der Waals surface area contributed by atoms with E-state index in [1.54, 1.807) is 24.7 Å². The first kappa shape index (κ1) is 73.7. The topological polar surface area (TPSA) is 165 Å². The number of aryl methyl sites for hydroxylation is 4. The zero-order valence-corrected chi connectivity index (χ0v) is 51.4. The van der Waals surface area contributed by atoms with E-state index < -0.39 is 69.4 Å². The fraction of sp³-hybridized carbons (Fsp3) is 0.442. The molecule has 3 fully saturated rings. The molecule has 3 saturated heterocycles. The molecule has 37 heteroatoms. The van der Waals surface area contributed by atoms with Gasteiger partial charge in [-0.3, -0.25) is 24.4 Å². The van der Waals surface area contributed by atoms with Gasteiger partial charge in [-0.1, -0.05) is 7.43 Å². The predicted octanol–water partition coefficient (Wildman–Crippen LogP) is 2.10. The second-order valence-electron chi connectivity index (χ2n) is 20.4. The molecule has 4 aromatic rings. The molecule has 3 aliphatic rings. The number of likely N-dealkylation sites (tertiary alicyclic amines) is 2. The molecule has 0 unspecified atom stereocenters. The molecular formula is C43H53B20Br3ClN6O7. The average molecular weight is 1260 g/mol. The van der Waals surface area contributed by atoms with E-state index in [9.17, 15) is 19.2 Å². The zero-order valence-electron chi connectivity index (χ0n) is 45.9. The lowest BCUT2D eigenvalue weighted by molar-refractivity contribution is 0.00578. The van der Waals surface area contributed by atoms with Crippen LogP contribution in [0, 0.1) is 27.7 Å². The minimum atomic E-state index is -0.999. The summed E-state index contributed by atoms with van der Waals surface area (Å²) in [6.07, 6.45) is 5.12. The second-order valence-corrected chi connectivity index (χ2v) is 23.3. The van der Waals surface area contributed by atoms with Crippen molar-refractivity contribution in [1.29, 1.82) is 0 Å². The fourth-order valence-electron chi connectivity index (χ4n) is 8.46. The summed E-state index contributed by atoms with van der Waals surface area (Å²) in [5, 5.41) is 8.00. The number of aromatic carboxylic acids is 1. The van der Waals surface area contributed by atoms with Crippen LogP contribution in [-0.4, -0.2) is 238 Å². The lowest BCUT2D eigenvalue weighted by Crippen LogP contribution is -2.79. The monoisotopic (exact) mass is 1260 g/mol. The Bertz CT molecular complexity index is 2600. The number of carboxylic acid groups (broad SMARTS) is 1. The first-order chi connectivity index (χ1) is 36.8. The van der Waals surface area contributed by atoms with Gasteiger partial charge in [0.25, 0.3) is 17.1 Å². The third-order valence-electron chi connectivity index (χ3n) is 13.8. The smallest absolute Gasteiger partial charge is 0.477 e. The van der Waals surface area contributed by atoms with Crippen molar-refractivity contribution in [2.45, 2.75) is 99.7 Å². The highest BCUT2D eigenvalue weighted by atomic mass is 79.9. The Morgan fingerprint density at radius 1 is 0.575 bits per heavy atom. The van der Waals surface area contributed by atoms with Gasteiger partial charge in [0, 0.05) is 205 Å². The SMILES string of the molecule is C.Cc1cc(C(=O)Cl)ncc1Br.Cc1cc(C(=O)N2CCCC2)ncc1B1OC(C)(C)C(C)(C)O1.Cc1cc(C(=O)N2CCCC2)ncc1Br.Cc1cc(C(=O)O)ncc1Br.[B][B]B([B])B(B(B([B])[B])B([B])[B])B(B([B])[B])B([B])[B]. The Balaban J connectivity index is 0.000000351. The van der Waals surface area contributed by atoms with Gasteiger partial charge in [0.15, 0.2) is 0 Å². The molecule has 7 rings (SSSR count). The Morgan fingerprint density at radius 2 is 0.887 bits per heavy atom. The Hall–Kier alpha value is -2.37. The number of carboxylic acids is 1. The summed E-state index contributed by atoms with van der Waals surface area (Å²) in [4.78, 5) is 65.1. The lowest BCUT2D eigenvalue weighted by Gasteiger charge is -2.41. The van der Waals surface area contributed by atoms with Gasteiger partial charge in [-0.15, -0.1) is 0 Å². The maximum absolute atomic E-state index is 12.4. The van der Waals surface area contributed by atoms with Crippen LogP contribution in [0.5, 0.6) is 0 Å². The molecule has 0 aromatic carbocycles. The van der Waals surface area contributed by atoms with Crippen LogP contribution in [0.2, 0.25) is 0 Å². The van der Waals surface area contributed by atoms with Crippen molar-refractivity contribution in [3.8, 4) is 0 Å². The summed E-state index contributed by atoms with van der Waals surface area (Å²) in [5.41, 5.74) is 5.39. The van der Waals surface area contributed by atoms with E-state index in [4.69, 9.17) is 103 Å². The van der Waals surface area contributed by atoms with Crippen molar-refractivity contribution in [3.05, 3.63) is 108 Å². The summed E-state index contributed by atoms with van der Waals surface area (Å²) >= 11 is 15.1. The molecular weight excluding hydrogens is 1200 g/mol. The summed E-state index contributed by atoms with van der Waals surface area (Å²) in [7, 11) is 57.9. The van der Waals surface area contributed by atoms with Crippen molar-refractivity contribution in [2.24, 2.45) is 0 Å². The molecule has 0 atom stereocenters. The number of hydrogen-bond donors (Lipinski definition) is 1. The molecule has 0 spiro atoms. The minimum Gasteiger partial charge on any atom is -0.477 e. The van der Waals surface area contributed by atoms with Crippen LogP contribution in [0.4, 0.5) is 0 Å². The van der Waals surface area contributed by atoms with Crippen molar-refractivity contribution >= 4 is 231 Å². The number of carbonyl (C=O) groups excluding carboxylic acids is 3. The molecule has 21 radical (unpaired) electrons. The Labute approximate surface area is 523 Å². The molecule has 1 N–H and O–H groups in total. The minimum absolute atomic E-state index is 0. The Morgan fingerprint density at radius 3 is 1.20 bits per heavy atom. The largest absolute Gasteiger partial charge is 0.496 e. The Kier molecular flexibility index (Phi) is 31.3. The third kappa shape index (κ3) is 21.3. The van der Waals surface area contributed by atoms with E-state index >= 15 is 0 Å². The van der Waals surface area contributed by atoms with Crippen molar-refractivity contribution in [2.75, 3.05) is 26.2 Å². The highest BCUT2D eigenvalue weighted by molar-refractivity contribution is 9.11. The summed E-state index contributed by atoms with van der Waals surface area (Å²) in [5.74, 6) is -0.922. The van der Waals surface area contributed by atoms with Crippen LogP contribution in [0.1, 0.15) is 125 Å². The number of pyridine rings is 4. The molecule has 2 amide bonds. The van der Waals surface area contributed by atoms with E-state index in [2.05, 4.69) is 67.7 Å². The van der Waals surface area contributed by atoms with E-state index in [-0.39, 0.29) is 41.8 Å². The van der Waals surface area contributed by atoms with Crippen LogP contribution in [0.15, 0.2) is 62.5 Å². The number of halogens is 4. The van der Waals surface area contributed by atoms with Gasteiger partial charge in [0.2, 0.25) is 0 Å². The predicted molar refractivity (Wildman–Crippen MR) is 358 cm³/mol. The number of rotatable bonds is 13. The normalized spacial score (nSPS) is 14.3. The standard InChI is InChI=1S/C17H25BN2O3.C11H13BrN2O.C7H5BrClNO.C7H6BrNO2.CH4.B19/c1-12-10-14(15(21)20-8-6-7-9-20)19-11-13(12)18-22-16(2,3)17(4,5)23-18;1-8-6-10(13-7-9(8)12)11(15)14-4-2-3-5-14;1-4-2-6(7(9)11)10-3-5(4)8;1-4-2-6(7(10)11)9-3-5(4)8;;1-11-16(10)19(17(12(2)3)13(4)5)18(14(6)7)15(8)9/h10-11H,6-9H2,1-5H3;6-7H,2-5H2,1H3;2-3H,1H3;2-3H,1H3,(H,10,11);1H4;. The molecule has 0 saturated carbocycles. The van der Waals surface area contributed by atoms with E-state index in [1.165, 1.54) is 19.3 Å². The summed E-state index contributed by atoms with van der Waals surface area (Å²) < 4.78 is 14.8. The molecule has 80 heavy (non-hydrogen) atoms. The molecule has 0 bridgehead atoms. The highest BCUT2D eigenvalue weighted by Crippen LogP contribution is 2.36. The van der Waals surface area contributed by atoms with Gasteiger partial charge in [-0.25, -0.2) is 14.8 Å². The van der Waals surface area contributed by atoms with Crippen molar-refractivity contribution < 1.29 is 33.6 Å². The summed E-state index contributed by atoms with van der Waals surface area (Å²) in [6, 6.07) is 6.84. The number of aromatic nitrogens is 4. The maximum atomic E-state index is 12.4. The molecule has 4 aromatic heterocycles. The van der Waals surface area contributed by atoms with E-state index in [0.717, 1.165) is 93.0 Å². The van der Waals surface area contributed by atoms with E-state index in [1.807, 2.05) is 77.3 Å². The molecule has 0 aliphatic carbocycles. The first-order valence-electron chi connectivity index (χ1n) is 25.3. The average Bonchev–Trinajstić information content (AvgIpc) is 4.18. The van der Waals surface area contributed by atoms with Gasteiger partial charge in [0.05, 0.1) is 11.2 Å². The number of carbonyl (C=O) groups is 4. The first-order valence-corrected chi connectivity index (χ1v) is 28.1.